The van der Waals surface area contributed by atoms with Gasteiger partial charge < -0.3 is 14.7 Å². The highest BCUT2D eigenvalue weighted by molar-refractivity contribution is 5.83. The maximum Gasteiger partial charge on any atom is 0.323 e. The average Bonchev–Trinajstić information content (AvgIpc) is 2.37. The van der Waals surface area contributed by atoms with Crippen molar-refractivity contribution >= 4 is 11.9 Å². The number of carbonyl (C=O) groups excluding carboxylic acids is 1. The van der Waals surface area contributed by atoms with Crippen molar-refractivity contribution in [2.45, 2.75) is 33.2 Å². The summed E-state index contributed by atoms with van der Waals surface area (Å²) in [5, 5.41) is 8.85. The van der Waals surface area contributed by atoms with Crippen LogP contribution in [0.3, 0.4) is 0 Å². The lowest BCUT2D eigenvalue weighted by Crippen LogP contribution is -2.41. The van der Waals surface area contributed by atoms with Gasteiger partial charge in [0.1, 0.15) is 12.3 Å². The van der Waals surface area contributed by atoms with Gasteiger partial charge >= 0.3 is 5.97 Å². The molecule has 110 valence electrons. The Balaban J connectivity index is 2.85. The zero-order valence-electron chi connectivity index (χ0n) is 12.3. The first-order chi connectivity index (χ1) is 9.35. The van der Waals surface area contributed by atoms with Crippen molar-refractivity contribution in [2.75, 3.05) is 13.7 Å². The summed E-state index contributed by atoms with van der Waals surface area (Å²) in [5.74, 6) is -0.480. The third-order valence-electron chi connectivity index (χ3n) is 3.08. The van der Waals surface area contributed by atoms with E-state index in [1.54, 1.807) is 21.0 Å². The molecule has 0 fully saturated rings. The fraction of sp³-hybridized carbons (Fsp3) is 0.467. The minimum atomic E-state index is -1.01. The van der Waals surface area contributed by atoms with Crippen LogP contribution in [0.25, 0.3) is 0 Å². The number of amides is 1. The first kappa shape index (κ1) is 16.0. The standard InChI is InChI=1S/C15H21NO4/c1-10(2)16(9-15(18)19)14(17)8-12-6-5-11(3)13(7-12)20-4/h5-7,10H,8-9H2,1-4H3,(H,18,19). The van der Waals surface area contributed by atoms with Crippen LogP contribution in [-0.2, 0) is 16.0 Å². The van der Waals surface area contributed by atoms with Crippen LogP contribution in [0.1, 0.15) is 25.0 Å². The number of carbonyl (C=O) groups is 2. The van der Waals surface area contributed by atoms with Crippen molar-refractivity contribution < 1.29 is 19.4 Å². The molecule has 0 heterocycles. The van der Waals surface area contributed by atoms with E-state index in [-0.39, 0.29) is 24.9 Å². The van der Waals surface area contributed by atoms with Crippen LogP contribution in [0.2, 0.25) is 0 Å². The molecule has 0 unspecified atom stereocenters. The molecule has 0 bridgehead atoms. The number of methoxy groups -OCH3 is 1. The SMILES string of the molecule is COc1cc(CC(=O)N(CC(=O)O)C(C)C)ccc1C. The Morgan fingerprint density at radius 3 is 2.50 bits per heavy atom. The Bertz CT molecular complexity index is 497. The van der Waals surface area contributed by atoms with Crippen LogP contribution < -0.4 is 4.74 Å². The van der Waals surface area contributed by atoms with Crippen LogP contribution in [0.4, 0.5) is 0 Å². The molecule has 5 heteroatoms. The minimum absolute atomic E-state index is 0.147. The van der Waals surface area contributed by atoms with Crippen LogP contribution in [0.5, 0.6) is 5.75 Å². The number of carboxylic acid groups (broad SMARTS) is 1. The average molecular weight is 279 g/mol. The third kappa shape index (κ3) is 4.26. The lowest BCUT2D eigenvalue weighted by Gasteiger charge is -2.25. The maximum absolute atomic E-state index is 12.2. The van der Waals surface area contributed by atoms with E-state index in [9.17, 15) is 9.59 Å². The number of hydrogen-bond acceptors (Lipinski definition) is 3. The van der Waals surface area contributed by atoms with Gasteiger partial charge in [0.25, 0.3) is 0 Å². The number of hydrogen-bond donors (Lipinski definition) is 1. The summed E-state index contributed by atoms with van der Waals surface area (Å²) in [6, 6.07) is 5.41. The second kappa shape index (κ2) is 6.93. The Morgan fingerprint density at radius 2 is 2.00 bits per heavy atom. The molecule has 0 saturated carbocycles. The smallest absolute Gasteiger partial charge is 0.323 e. The van der Waals surface area contributed by atoms with Crippen molar-refractivity contribution in [3.63, 3.8) is 0 Å². The second-order valence-corrected chi connectivity index (χ2v) is 4.99. The third-order valence-corrected chi connectivity index (χ3v) is 3.08. The van der Waals surface area contributed by atoms with Gasteiger partial charge in [-0.25, -0.2) is 0 Å². The number of ether oxygens (including phenoxy) is 1. The van der Waals surface area contributed by atoms with Gasteiger partial charge in [-0.05, 0) is 38.0 Å². The molecular formula is C15H21NO4. The van der Waals surface area contributed by atoms with E-state index >= 15 is 0 Å². The lowest BCUT2D eigenvalue weighted by atomic mass is 10.1. The van der Waals surface area contributed by atoms with Crippen molar-refractivity contribution in [2.24, 2.45) is 0 Å². The van der Waals surface area contributed by atoms with E-state index in [4.69, 9.17) is 9.84 Å². The molecule has 5 nitrogen and oxygen atoms in total. The van der Waals surface area contributed by atoms with Gasteiger partial charge in [-0.3, -0.25) is 9.59 Å². The molecule has 0 saturated heterocycles. The molecule has 1 aromatic carbocycles. The highest BCUT2D eigenvalue weighted by Crippen LogP contribution is 2.19. The van der Waals surface area contributed by atoms with Crippen LogP contribution in [0.15, 0.2) is 18.2 Å². The van der Waals surface area contributed by atoms with Crippen molar-refractivity contribution in [3.05, 3.63) is 29.3 Å². The predicted molar refractivity (Wildman–Crippen MR) is 75.9 cm³/mol. The van der Waals surface area contributed by atoms with Crippen LogP contribution in [0, 0.1) is 6.92 Å². The number of benzene rings is 1. The monoisotopic (exact) mass is 279 g/mol. The topological polar surface area (TPSA) is 66.8 Å². The maximum atomic E-state index is 12.2. The van der Waals surface area contributed by atoms with Gasteiger partial charge in [0.05, 0.1) is 13.5 Å². The molecule has 0 atom stereocenters. The van der Waals surface area contributed by atoms with Crippen LogP contribution in [-0.4, -0.2) is 41.6 Å². The first-order valence-electron chi connectivity index (χ1n) is 6.50. The molecular weight excluding hydrogens is 258 g/mol. The number of aliphatic carboxylic acids is 1. The van der Waals surface area contributed by atoms with E-state index in [2.05, 4.69) is 0 Å². The second-order valence-electron chi connectivity index (χ2n) is 4.99. The molecule has 0 radical (unpaired) electrons. The Labute approximate surface area is 119 Å². The Kier molecular flexibility index (Phi) is 5.55. The normalized spacial score (nSPS) is 10.4. The fourth-order valence-electron chi connectivity index (χ4n) is 1.95. The summed E-state index contributed by atoms with van der Waals surface area (Å²) in [7, 11) is 1.58. The number of aryl methyl sites for hydroxylation is 1. The number of rotatable bonds is 6. The van der Waals surface area contributed by atoms with Crippen molar-refractivity contribution in [1.82, 2.24) is 4.90 Å². The van der Waals surface area contributed by atoms with Crippen molar-refractivity contribution in [1.29, 1.82) is 0 Å². The summed E-state index contributed by atoms with van der Waals surface area (Å²) < 4.78 is 5.22. The lowest BCUT2D eigenvalue weighted by molar-refractivity contribution is -0.145. The molecule has 1 amide bonds. The Hall–Kier alpha value is -2.04. The molecule has 0 aromatic heterocycles. The summed E-state index contributed by atoms with van der Waals surface area (Å²) in [4.78, 5) is 24.4. The molecule has 1 rings (SSSR count). The largest absolute Gasteiger partial charge is 0.496 e. The van der Waals surface area contributed by atoms with Crippen LogP contribution >= 0.6 is 0 Å². The van der Waals surface area contributed by atoms with Gasteiger partial charge in [-0.2, -0.15) is 0 Å². The first-order valence-corrected chi connectivity index (χ1v) is 6.50. The van der Waals surface area contributed by atoms with E-state index in [1.165, 1.54) is 4.90 Å². The minimum Gasteiger partial charge on any atom is -0.496 e. The summed E-state index contributed by atoms with van der Waals surface area (Å²) >= 11 is 0. The molecule has 0 spiro atoms. The highest BCUT2D eigenvalue weighted by Gasteiger charge is 2.20. The molecule has 0 aliphatic rings. The zero-order chi connectivity index (χ0) is 15.3. The quantitative estimate of drug-likeness (QED) is 0.863. The zero-order valence-corrected chi connectivity index (χ0v) is 12.3. The van der Waals surface area contributed by atoms with Crippen molar-refractivity contribution in [3.8, 4) is 5.75 Å². The van der Waals surface area contributed by atoms with E-state index in [1.807, 2.05) is 25.1 Å². The van der Waals surface area contributed by atoms with E-state index in [0.717, 1.165) is 16.9 Å². The number of carboxylic acids is 1. The highest BCUT2D eigenvalue weighted by atomic mass is 16.5. The predicted octanol–water partition coefficient (Wildman–Crippen LogP) is 1.87. The molecule has 0 aliphatic heterocycles. The number of nitrogens with zero attached hydrogens (tertiary/aromatic N) is 1. The molecule has 1 N–H and O–H groups in total. The molecule has 0 aliphatic carbocycles. The van der Waals surface area contributed by atoms with Gasteiger partial charge in [-0.15, -0.1) is 0 Å². The van der Waals surface area contributed by atoms with E-state index < -0.39 is 5.97 Å². The summed E-state index contributed by atoms with van der Waals surface area (Å²) in [5.41, 5.74) is 1.81. The summed E-state index contributed by atoms with van der Waals surface area (Å²) in [6.07, 6.45) is 0.169. The fourth-order valence-corrected chi connectivity index (χ4v) is 1.95. The van der Waals surface area contributed by atoms with Gasteiger partial charge in [0.15, 0.2) is 0 Å². The molecule has 1 aromatic rings. The van der Waals surface area contributed by atoms with Gasteiger partial charge in [-0.1, -0.05) is 12.1 Å². The molecule has 20 heavy (non-hydrogen) atoms. The van der Waals surface area contributed by atoms with E-state index in [0.29, 0.717) is 0 Å². The van der Waals surface area contributed by atoms with Gasteiger partial charge in [0, 0.05) is 6.04 Å². The summed E-state index contributed by atoms with van der Waals surface area (Å²) in [6.45, 7) is 5.25. The Morgan fingerprint density at radius 1 is 1.35 bits per heavy atom. The van der Waals surface area contributed by atoms with Gasteiger partial charge in [0.2, 0.25) is 5.91 Å².